The highest BCUT2D eigenvalue weighted by molar-refractivity contribution is 5.75. The van der Waals surface area contributed by atoms with Gasteiger partial charge in [0.25, 0.3) is 0 Å². The van der Waals surface area contributed by atoms with Crippen molar-refractivity contribution in [2.24, 2.45) is 0 Å². The van der Waals surface area contributed by atoms with Crippen LogP contribution in [0.4, 0.5) is 4.39 Å². The molecule has 0 bridgehead atoms. The number of benzene rings is 1. The first-order valence-corrected chi connectivity index (χ1v) is 5.31. The first-order chi connectivity index (χ1) is 8.45. The summed E-state index contributed by atoms with van der Waals surface area (Å²) < 4.78 is 13.3. The van der Waals surface area contributed by atoms with Crippen LogP contribution >= 0.6 is 0 Å². The van der Waals surface area contributed by atoms with Gasteiger partial charge in [-0.2, -0.15) is 0 Å². The molecule has 1 rings (SSSR count). The molecule has 98 valence electrons. The third kappa shape index (κ3) is 3.61. The molecule has 5 nitrogen and oxygen atoms in total. The van der Waals surface area contributed by atoms with E-state index in [1.54, 1.807) is 0 Å². The maximum Gasteiger partial charge on any atom is 0.216 e. The summed E-state index contributed by atoms with van der Waals surface area (Å²) in [6, 6.07) is 3.53. The Kier molecular flexibility index (Phi) is 4.94. The van der Waals surface area contributed by atoms with Crippen LogP contribution in [0.5, 0.6) is 0 Å². The summed E-state index contributed by atoms with van der Waals surface area (Å²) in [6.45, 7) is 1.13. The lowest BCUT2D eigenvalue weighted by atomic mass is 10.0. The van der Waals surface area contributed by atoms with E-state index in [1.807, 2.05) is 0 Å². The standard InChI is InChI=1S/C12H14FNO4/c1-7(16)14-5-11(17)12(18)8-2-3-9(6-15)10(13)4-8/h2-4,6,11-12,17-18H,5H2,1H3,(H,14,16). The van der Waals surface area contributed by atoms with Gasteiger partial charge in [-0.3, -0.25) is 9.59 Å². The van der Waals surface area contributed by atoms with Gasteiger partial charge in [0, 0.05) is 13.5 Å². The van der Waals surface area contributed by atoms with Gasteiger partial charge in [0.1, 0.15) is 18.0 Å². The number of aliphatic hydroxyl groups is 2. The van der Waals surface area contributed by atoms with Crippen LogP contribution in [0.15, 0.2) is 18.2 Å². The van der Waals surface area contributed by atoms with Gasteiger partial charge in [0.05, 0.1) is 5.56 Å². The van der Waals surface area contributed by atoms with Gasteiger partial charge in [-0.25, -0.2) is 4.39 Å². The van der Waals surface area contributed by atoms with Crippen molar-refractivity contribution < 1.29 is 24.2 Å². The maximum atomic E-state index is 13.3. The molecule has 1 amide bonds. The molecule has 1 aromatic rings. The van der Waals surface area contributed by atoms with Gasteiger partial charge in [-0.05, 0) is 17.7 Å². The van der Waals surface area contributed by atoms with Crippen LogP contribution in [0.2, 0.25) is 0 Å². The summed E-state index contributed by atoms with van der Waals surface area (Å²) in [7, 11) is 0. The van der Waals surface area contributed by atoms with Crippen molar-refractivity contribution in [2.45, 2.75) is 19.1 Å². The minimum Gasteiger partial charge on any atom is -0.388 e. The fourth-order valence-corrected chi connectivity index (χ4v) is 1.41. The third-order valence-electron chi connectivity index (χ3n) is 2.42. The van der Waals surface area contributed by atoms with E-state index in [0.29, 0.717) is 6.29 Å². The highest BCUT2D eigenvalue weighted by Gasteiger charge is 2.19. The van der Waals surface area contributed by atoms with Crippen LogP contribution in [-0.4, -0.2) is 35.1 Å². The molecule has 0 spiro atoms. The van der Waals surface area contributed by atoms with E-state index >= 15 is 0 Å². The van der Waals surface area contributed by atoms with Crippen molar-refractivity contribution in [1.29, 1.82) is 0 Å². The quantitative estimate of drug-likeness (QED) is 0.654. The highest BCUT2D eigenvalue weighted by atomic mass is 19.1. The van der Waals surface area contributed by atoms with Gasteiger partial charge in [-0.1, -0.05) is 6.07 Å². The number of hydrogen-bond donors (Lipinski definition) is 3. The summed E-state index contributed by atoms with van der Waals surface area (Å²) in [5.74, 6) is -1.11. The van der Waals surface area contributed by atoms with E-state index in [0.717, 1.165) is 6.07 Å². The van der Waals surface area contributed by atoms with Crippen LogP contribution < -0.4 is 5.32 Å². The van der Waals surface area contributed by atoms with Gasteiger partial charge < -0.3 is 15.5 Å². The van der Waals surface area contributed by atoms with Gasteiger partial charge in [-0.15, -0.1) is 0 Å². The molecule has 0 aliphatic heterocycles. The van der Waals surface area contributed by atoms with E-state index in [9.17, 15) is 24.2 Å². The van der Waals surface area contributed by atoms with Crippen LogP contribution in [0.1, 0.15) is 28.9 Å². The second kappa shape index (κ2) is 6.23. The van der Waals surface area contributed by atoms with E-state index < -0.39 is 18.0 Å². The summed E-state index contributed by atoms with van der Waals surface area (Å²) in [5, 5.41) is 21.6. The van der Waals surface area contributed by atoms with Crippen molar-refractivity contribution >= 4 is 12.2 Å². The summed E-state index contributed by atoms with van der Waals surface area (Å²) in [5.41, 5.74) is 0.0123. The number of hydrogen-bond acceptors (Lipinski definition) is 4. The molecule has 6 heteroatoms. The monoisotopic (exact) mass is 255 g/mol. The fraction of sp³-hybridized carbons (Fsp3) is 0.333. The number of nitrogens with one attached hydrogen (secondary N) is 1. The average molecular weight is 255 g/mol. The molecule has 0 fully saturated rings. The van der Waals surface area contributed by atoms with E-state index in [4.69, 9.17) is 0 Å². The molecule has 0 radical (unpaired) electrons. The maximum absolute atomic E-state index is 13.3. The normalized spacial score (nSPS) is 13.8. The molecule has 0 saturated carbocycles. The summed E-state index contributed by atoms with van der Waals surface area (Å²) in [4.78, 5) is 21.1. The van der Waals surface area contributed by atoms with Crippen LogP contribution in [-0.2, 0) is 4.79 Å². The number of carbonyl (C=O) groups excluding carboxylic acids is 2. The number of rotatable bonds is 5. The Hall–Kier alpha value is -1.79. The Labute approximate surface area is 103 Å². The highest BCUT2D eigenvalue weighted by Crippen LogP contribution is 2.19. The largest absolute Gasteiger partial charge is 0.388 e. The van der Waals surface area contributed by atoms with Crippen LogP contribution in [0.25, 0.3) is 0 Å². The third-order valence-corrected chi connectivity index (χ3v) is 2.42. The molecular formula is C12H14FNO4. The molecule has 0 heterocycles. The van der Waals surface area contributed by atoms with Crippen molar-refractivity contribution in [2.75, 3.05) is 6.54 Å². The van der Waals surface area contributed by atoms with Gasteiger partial charge in [0.2, 0.25) is 5.91 Å². The number of amides is 1. The smallest absolute Gasteiger partial charge is 0.216 e. The minimum atomic E-state index is -1.34. The zero-order valence-electron chi connectivity index (χ0n) is 9.76. The molecule has 18 heavy (non-hydrogen) atoms. The van der Waals surface area contributed by atoms with Crippen molar-refractivity contribution in [3.8, 4) is 0 Å². The predicted molar refractivity (Wildman–Crippen MR) is 61.4 cm³/mol. The fourth-order valence-electron chi connectivity index (χ4n) is 1.41. The Bertz CT molecular complexity index is 450. The number of aldehydes is 1. The molecule has 0 aliphatic carbocycles. The molecule has 1 aromatic carbocycles. The van der Waals surface area contributed by atoms with E-state index in [-0.39, 0.29) is 23.6 Å². The topological polar surface area (TPSA) is 86.6 Å². The van der Waals surface area contributed by atoms with E-state index in [1.165, 1.54) is 19.1 Å². The van der Waals surface area contributed by atoms with Crippen molar-refractivity contribution in [1.82, 2.24) is 5.32 Å². The lowest BCUT2D eigenvalue weighted by molar-refractivity contribution is -0.119. The molecule has 3 N–H and O–H groups in total. The lowest BCUT2D eigenvalue weighted by Gasteiger charge is -2.18. The average Bonchev–Trinajstić information content (AvgIpc) is 2.34. The van der Waals surface area contributed by atoms with Crippen LogP contribution in [0.3, 0.4) is 0 Å². The summed E-state index contributed by atoms with van der Waals surface area (Å²) >= 11 is 0. The zero-order chi connectivity index (χ0) is 13.7. The first-order valence-electron chi connectivity index (χ1n) is 5.31. The van der Waals surface area contributed by atoms with Crippen molar-refractivity contribution in [3.05, 3.63) is 35.1 Å². The Morgan fingerprint density at radius 2 is 2.17 bits per heavy atom. The Balaban J connectivity index is 2.76. The number of aliphatic hydroxyl groups excluding tert-OH is 2. The van der Waals surface area contributed by atoms with E-state index in [2.05, 4.69) is 5.32 Å². The number of carbonyl (C=O) groups is 2. The molecule has 0 saturated heterocycles. The van der Waals surface area contributed by atoms with Gasteiger partial charge >= 0.3 is 0 Å². The number of halogens is 1. The Morgan fingerprint density at radius 1 is 1.50 bits per heavy atom. The molecule has 2 unspecified atom stereocenters. The second-order valence-corrected chi connectivity index (χ2v) is 3.85. The molecule has 0 aliphatic rings. The predicted octanol–water partition coefficient (Wildman–Crippen LogP) is 0.169. The lowest BCUT2D eigenvalue weighted by Crippen LogP contribution is -2.34. The molecule has 0 aromatic heterocycles. The SMILES string of the molecule is CC(=O)NCC(O)C(O)c1ccc(C=O)c(F)c1. The first kappa shape index (κ1) is 14.3. The van der Waals surface area contributed by atoms with Crippen LogP contribution in [0, 0.1) is 5.82 Å². The molecular weight excluding hydrogens is 241 g/mol. The van der Waals surface area contributed by atoms with Crippen molar-refractivity contribution in [3.63, 3.8) is 0 Å². The summed E-state index contributed by atoms with van der Waals surface area (Å²) in [6.07, 6.45) is -2.23. The molecule has 2 atom stereocenters. The zero-order valence-corrected chi connectivity index (χ0v) is 9.76. The Morgan fingerprint density at radius 3 is 2.67 bits per heavy atom. The van der Waals surface area contributed by atoms with Gasteiger partial charge in [0.15, 0.2) is 6.29 Å². The minimum absolute atomic E-state index is 0.123. The second-order valence-electron chi connectivity index (χ2n) is 3.85.